The Balaban J connectivity index is 2.11. The van der Waals surface area contributed by atoms with Crippen molar-refractivity contribution in [3.63, 3.8) is 0 Å². The summed E-state index contributed by atoms with van der Waals surface area (Å²) in [5.41, 5.74) is -0.863. The van der Waals surface area contributed by atoms with E-state index in [4.69, 9.17) is 11.6 Å². The summed E-state index contributed by atoms with van der Waals surface area (Å²) in [5, 5.41) is 1.99. The molecule has 5 nitrogen and oxygen atoms in total. The van der Waals surface area contributed by atoms with Gasteiger partial charge < -0.3 is 5.32 Å². The van der Waals surface area contributed by atoms with Crippen LogP contribution in [0, 0.1) is 0 Å². The quantitative estimate of drug-likeness (QED) is 0.866. The predicted molar refractivity (Wildman–Crippen MR) is 82.9 cm³/mol. The van der Waals surface area contributed by atoms with E-state index in [9.17, 15) is 26.4 Å². The molecular formula is C14H16ClF3N2O3S. The summed E-state index contributed by atoms with van der Waals surface area (Å²) in [6.45, 7) is 1.56. The number of benzene rings is 1. The second kappa shape index (κ2) is 6.89. The van der Waals surface area contributed by atoms with Crippen LogP contribution < -0.4 is 5.32 Å². The largest absolute Gasteiger partial charge is 0.417 e. The van der Waals surface area contributed by atoms with Crippen molar-refractivity contribution in [1.82, 2.24) is 9.62 Å². The van der Waals surface area contributed by atoms with Gasteiger partial charge in [0.05, 0.1) is 16.3 Å². The molecule has 1 heterocycles. The van der Waals surface area contributed by atoms with Gasteiger partial charge in [0.2, 0.25) is 15.9 Å². The van der Waals surface area contributed by atoms with Gasteiger partial charge in [0.15, 0.2) is 0 Å². The van der Waals surface area contributed by atoms with E-state index >= 15 is 0 Å². The topological polar surface area (TPSA) is 66.5 Å². The van der Waals surface area contributed by atoms with Crippen LogP contribution >= 0.6 is 11.6 Å². The minimum atomic E-state index is -4.59. The molecule has 134 valence electrons. The molecule has 1 aromatic rings. The molecule has 1 aliphatic rings. The third-order valence-electron chi connectivity index (χ3n) is 3.81. The number of alkyl halides is 3. The first-order chi connectivity index (χ1) is 11.1. The highest BCUT2D eigenvalue weighted by molar-refractivity contribution is 7.89. The fourth-order valence-electron chi connectivity index (χ4n) is 2.63. The first-order valence-electron chi connectivity index (χ1n) is 7.19. The van der Waals surface area contributed by atoms with Crippen molar-refractivity contribution in [2.75, 3.05) is 12.3 Å². The molecule has 1 amide bonds. The Bertz CT molecular complexity index is 737. The fourth-order valence-corrected chi connectivity index (χ4v) is 4.67. The number of nitrogens with one attached hydrogen (secondary N) is 1. The maximum atomic E-state index is 12.8. The van der Waals surface area contributed by atoms with E-state index in [0.717, 1.165) is 10.4 Å². The van der Waals surface area contributed by atoms with Gasteiger partial charge in [-0.1, -0.05) is 30.7 Å². The van der Waals surface area contributed by atoms with E-state index in [2.05, 4.69) is 5.32 Å². The first kappa shape index (κ1) is 19.0. The summed E-state index contributed by atoms with van der Waals surface area (Å²) in [5.74, 6) is -0.671. The molecule has 10 heteroatoms. The predicted octanol–water partition coefficient (Wildman–Crippen LogP) is 2.40. The van der Waals surface area contributed by atoms with Crippen LogP contribution in [-0.2, 0) is 27.5 Å². The minimum Gasteiger partial charge on any atom is -0.351 e. The molecule has 1 aliphatic heterocycles. The lowest BCUT2D eigenvalue weighted by atomic mass is 10.1. The number of carbonyl (C=O) groups is 1. The van der Waals surface area contributed by atoms with E-state index in [0.29, 0.717) is 0 Å². The molecule has 1 N–H and O–H groups in total. The standard InChI is InChI=1S/C14H16ClF3N2O3S/c1-2-20-11(6-7-24(20,22)23)13(21)19-8-9-4-3-5-10(12(9)15)14(16,17)18/h3-5,11H,2,6-8H2,1H3,(H,19,21). The maximum Gasteiger partial charge on any atom is 0.417 e. The average Bonchev–Trinajstić information content (AvgIpc) is 2.79. The van der Waals surface area contributed by atoms with Gasteiger partial charge >= 0.3 is 6.18 Å². The molecule has 0 saturated carbocycles. The number of carbonyl (C=O) groups excluding carboxylic acids is 1. The van der Waals surface area contributed by atoms with Crippen molar-refractivity contribution in [1.29, 1.82) is 0 Å². The van der Waals surface area contributed by atoms with Crippen LogP contribution in [0.25, 0.3) is 0 Å². The SMILES string of the molecule is CCN1C(C(=O)NCc2cccc(C(F)(F)F)c2Cl)CCS1(=O)=O. The molecule has 1 saturated heterocycles. The van der Waals surface area contributed by atoms with Crippen molar-refractivity contribution in [3.8, 4) is 0 Å². The highest BCUT2D eigenvalue weighted by atomic mass is 35.5. The number of halogens is 4. The van der Waals surface area contributed by atoms with Crippen molar-refractivity contribution in [3.05, 3.63) is 34.3 Å². The van der Waals surface area contributed by atoms with Crippen LogP contribution in [0.5, 0.6) is 0 Å². The second-order valence-corrected chi connectivity index (χ2v) is 7.74. The highest BCUT2D eigenvalue weighted by Gasteiger charge is 2.40. The van der Waals surface area contributed by atoms with E-state index < -0.39 is 38.7 Å². The third kappa shape index (κ3) is 3.84. The van der Waals surface area contributed by atoms with Gasteiger partial charge in [0.25, 0.3) is 0 Å². The van der Waals surface area contributed by atoms with Crippen LogP contribution in [0.4, 0.5) is 13.2 Å². The highest BCUT2D eigenvalue weighted by Crippen LogP contribution is 2.36. The molecule has 2 rings (SSSR count). The first-order valence-corrected chi connectivity index (χ1v) is 9.18. The molecule has 1 aromatic carbocycles. The molecule has 0 aliphatic carbocycles. The molecule has 0 aromatic heterocycles. The van der Waals surface area contributed by atoms with E-state index in [1.165, 1.54) is 12.1 Å². The third-order valence-corrected chi connectivity index (χ3v) is 6.23. The lowest BCUT2D eigenvalue weighted by molar-refractivity contribution is -0.137. The number of sulfonamides is 1. The van der Waals surface area contributed by atoms with Crippen LogP contribution in [-0.4, -0.2) is 37.0 Å². The second-order valence-electron chi connectivity index (χ2n) is 5.32. The van der Waals surface area contributed by atoms with E-state index in [1.54, 1.807) is 6.92 Å². The lowest BCUT2D eigenvalue weighted by Gasteiger charge is -2.21. The monoisotopic (exact) mass is 384 g/mol. The number of hydrogen-bond donors (Lipinski definition) is 1. The molecule has 0 spiro atoms. The van der Waals surface area contributed by atoms with Crippen LogP contribution in [0.3, 0.4) is 0 Å². The zero-order chi connectivity index (χ0) is 18.1. The Labute approximate surface area is 142 Å². The van der Waals surface area contributed by atoms with Gasteiger partial charge in [-0.2, -0.15) is 17.5 Å². The van der Waals surface area contributed by atoms with Crippen molar-refractivity contribution in [2.24, 2.45) is 0 Å². The van der Waals surface area contributed by atoms with Gasteiger partial charge in [-0.25, -0.2) is 8.42 Å². The Morgan fingerprint density at radius 3 is 2.67 bits per heavy atom. The van der Waals surface area contributed by atoms with Crippen LogP contribution in [0.1, 0.15) is 24.5 Å². The summed E-state index contributed by atoms with van der Waals surface area (Å²) in [6, 6.07) is 2.59. The summed E-state index contributed by atoms with van der Waals surface area (Å²) >= 11 is 5.76. The fraction of sp³-hybridized carbons (Fsp3) is 0.500. The smallest absolute Gasteiger partial charge is 0.351 e. The van der Waals surface area contributed by atoms with Gasteiger partial charge in [-0.05, 0) is 18.1 Å². The van der Waals surface area contributed by atoms with Crippen LogP contribution in [0.2, 0.25) is 5.02 Å². The number of likely N-dealkylation sites (N-methyl/N-ethyl adjacent to an activating group) is 1. The summed E-state index contributed by atoms with van der Waals surface area (Å²) in [6.07, 6.45) is -4.44. The summed E-state index contributed by atoms with van der Waals surface area (Å²) < 4.78 is 63.1. The number of amides is 1. The Kier molecular flexibility index (Phi) is 5.46. The average molecular weight is 385 g/mol. The van der Waals surface area contributed by atoms with Gasteiger partial charge in [0.1, 0.15) is 6.04 Å². The zero-order valence-corrected chi connectivity index (χ0v) is 14.3. The Morgan fingerprint density at radius 1 is 1.42 bits per heavy atom. The Hall–Kier alpha value is -1.32. The Morgan fingerprint density at radius 2 is 2.08 bits per heavy atom. The zero-order valence-electron chi connectivity index (χ0n) is 12.7. The minimum absolute atomic E-state index is 0.115. The molecule has 1 atom stereocenters. The van der Waals surface area contributed by atoms with Gasteiger partial charge in [-0.3, -0.25) is 4.79 Å². The van der Waals surface area contributed by atoms with Crippen molar-refractivity contribution < 1.29 is 26.4 Å². The van der Waals surface area contributed by atoms with Crippen molar-refractivity contribution >= 4 is 27.5 Å². The molecule has 0 radical (unpaired) electrons. The molecular weight excluding hydrogens is 369 g/mol. The van der Waals surface area contributed by atoms with Crippen molar-refractivity contribution in [2.45, 2.75) is 32.1 Å². The van der Waals surface area contributed by atoms with Gasteiger partial charge in [0, 0.05) is 13.1 Å². The number of nitrogens with zero attached hydrogens (tertiary/aromatic N) is 1. The van der Waals surface area contributed by atoms with Gasteiger partial charge in [-0.15, -0.1) is 0 Å². The normalized spacial score (nSPS) is 21.0. The summed E-state index contributed by atoms with van der Waals surface area (Å²) in [4.78, 5) is 12.2. The maximum absolute atomic E-state index is 12.8. The molecule has 1 unspecified atom stereocenters. The lowest BCUT2D eigenvalue weighted by Crippen LogP contribution is -2.44. The summed E-state index contributed by atoms with van der Waals surface area (Å²) in [7, 11) is -3.45. The van der Waals surface area contributed by atoms with E-state index in [-0.39, 0.29) is 30.8 Å². The van der Waals surface area contributed by atoms with E-state index in [1.807, 2.05) is 0 Å². The molecule has 1 fully saturated rings. The molecule has 24 heavy (non-hydrogen) atoms. The van der Waals surface area contributed by atoms with Crippen LogP contribution in [0.15, 0.2) is 18.2 Å². The number of rotatable bonds is 4. The number of hydrogen-bond acceptors (Lipinski definition) is 3. The molecule has 0 bridgehead atoms.